The molecule has 0 heterocycles. The third-order valence-corrected chi connectivity index (χ3v) is 1.32. The zero-order valence-corrected chi connectivity index (χ0v) is 9.54. The quantitative estimate of drug-likeness (QED) is 0.559. The standard InChI is InChI=1S/C9H14O.HO3P/c1-4-5-6-7-9(10)8(2)3;1-4(2)3/h8H,6-7H2,1-3H3;(H-,1,2,3)/p+1. The van der Waals surface area contributed by atoms with Gasteiger partial charge in [-0.25, -0.2) is 0 Å². The third-order valence-electron chi connectivity index (χ3n) is 1.32. The Labute approximate surface area is 85.3 Å². The fourth-order valence-corrected chi connectivity index (χ4v) is 0.599. The first-order chi connectivity index (χ1) is 6.41. The van der Waals surface area contributed by atoms with Crippen LogP contribution in [-0.4, -0.2) is 15.6 Å². The molecule has 2 N–H and O–H groups in total. The van der Waals surface area contributed by atoms with Crippen LogP contribution in [0.3, 0.4) is 0 Å². The summed E-state index contributed by atoms with van der Waals surface area (Å²) in [5.74, 6) is 6.10. The van der Waals surface area contributed by atoms with Crippen molar-refractivity contribution in [3.63, 3.8) is 0 Å². The van der Waals surface area contributed by atoms with Crippen molar-refractivity contribution in [2.45, 2.75) is 33.6 Å². The van der Waals surface area contributed by atoms with Gasteiger partial charge < -0.3 is 0 Å². The lowest BCUT2D eigenvalue weighted by Crippen LogP contribution is -2.05. The Morgan fingerprint density at radius 2 is 1.86 bits per heavy atom. The van der Waals surface area contributed by atoms with E-state index in [1.807, 2.05) is 13.8 Å². The fourth-order valence-electron chi connectivity index (χ4n) is 0.599. The molecule has 0 fully saturated rings. The van der Waals surface area contributed by atoms with Crippen LogP contribution in [0.25, 0.3) is 0 Å². The van der Waals surface area contributed by atoms with Crippen molar-refractivity contribution < 1.29 is 19.1 Å². The molecule has 0 aromatic carbocycles. The number of rotatable bonds is 3. The molecule has 0 spiro atoms. The predicted molar refractivity (Wildman–Crippen MR) is 54.6 cm³/mol. The molecule has 0 bridgehead atoms. The highest BCUT2D eigenvalue weighted by molar-refractivity contribution is 7.30. The molecule has 0 saturated heterocycles. The number of carbonyl (C=O) groups is 1. The van der Waals surface area contributed by atoms with Gasteiger partial charge in [-0.1, -0.05) is 13.8 Å². The molecule has 14 heavy (non-hydrogen) atoms. The summed E-state index contributed by atoms with van der Waals surface area (Å²) in [6, 6.07) is 0. The van der Waals surface area contributed by atoms with Crippen molar-refractivity contribution in [1.29, 1.82) is 0 Å². The van der Waals surface area contributed by atoms with Crippen molar-refractivity contribution in [2.24, 2.45) is 5.92 Å². The van der Waals surface area contributed by atoms with Crippen molar-refractivity contribution in [2.75, 3.05) is 0 Å². The largest absolute Gasteiger partial charge is 0.692 e. The highest BCUT2D eigenvalue weighted by Gasteiger charge is 2.04. The Balaban J connectivity index is 0. The van der Waals surface area contributed by atoms with E-state index in [0.29, 0.717) is 18.6 Å². The van der Waals surface area contributed by atoms with Crippen LogP contribution in [-0.2, 0) is 9.36 Å². The van der Waals surface area contributed by atoms with Gasteiger partial charge in [0, 0.05) is 23.3 Å². The summed E-state index contributed by atoms with van der Waals surface area (Å²) in [5, 5.41) is 0. The molecule has 0 aromatic heterocycles. The molecular weight excluding hydrogens is 203 g/mol. The molecule has 0 saturated carbocycles. The molecule has 0 unspecified atom stereocenters. The molecule has 0 aromatic rings. The van der Waals surface area contributed by atoms with Gasteiger partial charge in [-0.2, -0.15) is 0 Å². The Kier molecular flexibility index (Phi) is 11.6. The van der Waals surface area contributed by atoms with Crippen molar-refractivity contribution in [1.82, 2.24) is 0 Å². The van der Waals surface area contributed by atoms with Crippen LogP contribution in [0.4, 0.5) is 0 Å². The lowest BCUT2D eigenvalue weighted by molar-refractivity contribution is -0.121. The lowest BCUT2D eigenvalue weighted by Gasteiger charge is -1.98. The second kappa shape index (κ2) is 10.3. The zero-order valence-electron chi connectivity index (χ0n) is 8.65. The fraction of sp³-hybridized carbons (Fsp3) is 0.667. The second-order valence-electron chi connectivity index (χ2n) is 2.80. The third kappa shape index (κ3) is 17.4. The molecule has 0 rings (SSSR count). The summed E-state index contributed by atoms with van der Waals surface area (Å²) in [6.07, 6.45) is 1.33. The Morgan fingerprint density at radius 1 is 1.43 bits per heavy atom. The zero-order chi connectivity index (χ0) is 11.6. The van der Waals surface area contributed by atoms with Gasteiger partial charge in [0.05, 0.1) is 0 Å². The minimum absolute atomic E-state index is 0.165. The summed E-state index contributed by atoms with van der Waals surface area (Å²) in [4.78, 5) is 25.2. The predicted octanol–water partition coefficient (Wildman–Crippen LogP) is 1.64. The molecule has 0 aliphatic heterocycles. The van der Waals surface area contributed by atoms with E-state index in [9.17, 15) is 4.79 Å². The summed E-state index contributed by atoms with van der Waals surface area (Å²) >= 11 is 0. The molecule has 0 aliphatic carbocycles. The van der Waals surface area contributed by atoms with Crippen LogP contribution in [0.2, 0.25) is 0 Å². The maximum atomic E-state index is 10.9. The van der Waals surface area contributed by atoms with Gasteiger partial charge in [-0.15, -0.1) is 21.6 Å². The number of Topliss-reactive ketones (excluding diaryl/α,β-unsaturated/α-hetero) is 1. The van der Waals surface area contributed by atoms with E-state index in [2.05, 4.69) is 11.8 Å². The van der Waals surface area contributed by atoms with Gasteiger partial charge >= 0.3 is 8.25 Å². The van der Waals surface area contributed by atoms with E-state index in [1.165, 1.54) is 0 Å². The van der Waals surface area contributed by atoms with E-state index >= 15 is 0 Å². The molecule has 4 nitrogen and oxygen atoms in total. The highest BCUT2D eigenvalue weighted by atomic mass is 31.1. The first-order valence-electron chi connectivity index (χ1n) is 4.19. The number of ketones is 1. The van der Waals surface area contributed by atoms with Crippen LogP contribution in [0.1, 0.15) is 33.6 Å². The number of hydrogen-bond donors (Lipinski definition) is 2. The molecule has 5 heteroatoms. The Hall–Kier alpha value is -0.750. The van der Waals surface area contributed by atoms with Crippen LogP contribution in [0.5, 0.6) is 0 Å². The van der Waals surface area contributed by atoms with Crippen molar-refractivity contribution in [3.8, 4) is 11.8 Å². The first kappa shape index (κ1) is 15.7. The smallest absolute Gasteiger partial charge is 0.299 e. The van der Waals surface area contributed by atoms with Gasteiger partial charge in [0.1, 0.15) is 5.78 Å². The van der Waals surface area contributed by atoms with Crippen LogP contribution in [0.15, 0.2) is 0 Å². The maximum Gasteiger partial charge on any atom is 0.692 e. The molecule has 80 valence electrons. The van der Waals surface area contributed by atoms with Crippen molar-refractivity contribution >= 4 is 14.0 Å². The average molecular weight is 219 g/mol. The Bertz CT molecular complexity index is 233. The summed E-state index contributed by atoms with van der Waals surface area (Å²) in [5.41, 5.74) is 0. The monoisotopic (exact) mass is 219 g/mol. The summed E-state index contributed by atoms with van der Waals surface area (Å²) in [7, 11) is -2.87. The van der Waals surface area contributed by atoms with Crippen molar-refractivity contribution in [3.05, 3.63) is 0 Å². The van der Waals surface area contributed by atoms with Crippen LogP contribution < -0.4 is 0 Å². The number of hydrogen-bond acceptors (Lipinski definition) is 2. The molecule has 0 atom stereocenters. The maximum absolute atomic E-state index is 10.9. The highest BCUT2D eigenvalue weighted by Crippen LogP contribution is 2.00. The van der Waals surface area contributed by atoms with Crippen LogP contribution in [0, 0.1) is 17.8 Å². The molecule has 0 radical (unpaired) electrons. The average Bonchev–Trinajstić information content (AvgIpc) is 2.03. The summed E-state index contributed by atoms with van der Waals surface area (Å²) in [6.45, 7) is 5.63. The van der Waals surface area contributed by atoms with Gasteiger partial charge in [0.15, 0.2) is 0 Å². The van der Waals surface area contributed by atoms with Crippen LogP contribution >= 0.6 is 8.25 Å². The van der Waals surface area contributed by atoms with E-state index in [4.69, 9.17) is 14.4 Å². The second-order valence-corrected chi connectivity index (χ2v) is 3.31. The first-order valence-corrected chi connectivity index (χ1v) is 5.35. The number of carbonyl (C=O) groups excluding carboxylic acids is 1. The SMILES string of the molecule is CC#CCCC(=O)C(C)C.O=[P+](O)O. The van der Waals surface area contributed by atoms with E-state index in [-0.39, 0.29) is 5.92 Å². The van der Waals surface area contributed by atoms with Gasteiger partial charge in [-0.05, 0) is 6.92 Å². The van der Waals surface area contributed by atoms with Gasteiger partial charge in [0.2, 0.25) is 0 Å². The molecular formula is C9H16O4P+. The normalized spacial score (nSPS) is 8.14. The van der Waals surface area contributed by atoms with Gasteiger partial charge in [-0.3, -0.25) is 4.79 Å². The minimum atomic E-state index is -2.87. The lowest BCUT2D eigenvalue weighted by atomic mass is 10.1. The van der Waals surface area contributed by atoms with E-state index in [1.54, 1.807) is 6.92 Å². The topological polar surface area (TPSA) is 74.6 Å². The van der Waals surface area contributed by atoms with Gasteiger partial charge in [0.25, 0.3) is 0 Å². The van der Waals surface area contributed by atoms with E-state index in [0.717, 1.165) is 0 Å². The van der Waals surface area contributed by atoms with E-state index < -0.39 is 8.25 Å². The summed E-state index contributed by atoms with van der Waals surface area (Å²) < 4.78 is 8.70. The minimum Gasteiger partial charge on any atom is -0.299 e. The molecule has 0 amide bonds. The molecule has 0 aliphatic rings. The Morgan fingerprint density at radius 3 is 2.14 bits per heavy atom.